The fourth-order valence-corrected chi connectivity index (χ4v) is 5.74. The van der Waals surface area contributed by atoms with Crippen LogP contribution in [0, 0.1) is 0 Å². The highest BCUT2D eigenvalue weighted by Crippen LogP contribution is 2.20. The summed E-state index contributed by atoms with van der Waals surface area (Å²) in [6.07, 6.45) is 0.393. The smallest absolute Gasteiger partial charge is 0.282 e. The van der Waals surface area contributed by atoms with Gasteiger partial charge in [-0.2, -0.15) is 17.0 Å². The molecule has 2 heterocycles. The zero-order valence-electron chi connectivity index (χ0n) is 10.4. The first kappa shape index (κ1) is 14.2. The lowest BCUT2D eigenvalue weighted by molar-refractivity contribution is 0.305. The van der Waals surface area contributed by atoms with Crippen molar-refractivity contribution >= 4 is 20.0 Å². The Balaban J connectivity index is 2.10. The minimum atomic E-state index is -3.53. The Hall–Kier alpha value is -0.220. The molecular weight excluding hydrogens is 278 g/mol. The molecule has 0 saturated carbocycles. The normalized spacial score (nSPS) is 29.8. The van der Waals surface area contributed by atoms with Gasteiger partial charge in [0.1, 0.15) is 0 Å². The molecule has 0 aromatic heterocycles. The number of nitrogens with zero attached hydrogens (tertiary/aromatic N) is 2. The molecule has 7 nitrogen and oxygen atoms in total. The van der Waals surface area contributed by atoms with Crippen LogP contribution in [0.15, 0.2) is 0 Å². The van der Waals surface area contributed by atoms with Crippen LogP contribution in [0.5, 0.6) is 0 Å². The Morgan fingerprint density at radius 2 is 1.89 bits per heavy atom. The maximum absolute atomic E-state index is 12.3. The number of rotatable bonds is 3. The van der Waals surface area contributed by atoms with Crippen LogP contribution < -0.4 is 5.32 Å². The molecule has 0 aromatic carbocycles. The zero-order valence-corrected chi connectivity index (χ0v) is 12.0. The van der Waals surface area contributed by atoms with E-state index in [0.29, 0.717) is 32.6 Å². The minimum absolute atomic E-state index is 0.0607. The largest absolute Gasteiger partial charge is 0.314 e. The fourth-order valence-electron chi connectivity index (χ4n) is 2.31. The first-order valence-electron chi connectivity index (χ1n) is 5.97. The van der Waals surface area contributed by atoms with Crippen molar-refractivity contribution in [1.82, 2.24) is 13.9 Å². The summed E-state index contributed by atoms with van der Waals surface area (Å²) in [5.74, 6) is 0.0217. The summed E-state index contributed by atoms with van der Waals surface area (Å²) in [6, 6.07) is -0.421. The summed E-state index contributed by atoms with van der Waals surface area (Å²) in [4.78, 5) is 0. The van der Waals surface area contributed by atoms with Crippen LogP contribution in [0.2, 0.25) is 0 Å². The minimum Gasteiger partial charge on any atom is -0.314 e. The Morgan fingerprint density at radius 1 is 1.28 bits per heavy atom. The van der Waals surface area contributed by atoms with Crippen molar-refractivity contribution in [3.05, 3.63) is 0 Å². The summed E-state index contributed by atoms with van der Waals surface area (Å²) in [7, 11) is -5.13. The maximum atomic E-state index is 12.3. The molecule has 2 aliphatic heterocycles. The molecule has 2 aliphatic rings. The first-order chi connectivity index (χ1) is 8.33. The molecule has 1 N–H and O–H groups in total. The van der Waals surface area contributed by atoms with Gasteiger partial charge in [-0.25, -0.2) is 8.42 Å². The molecule has 2 saturated heterocycles. The van der Waals surface area contributed by atoms with Crippen LogP contribution in [0.3, 0.4) is 0 Å². The lowest BCUT2D eigenvalue weighted by Crippen LogP contribution is -2.53. The van der Waals surface area contributed by atoms with Gasteiger partial charge in [-0.3, -0.25) is 0 Å². The van der Waals surface area contributed by atoms with E-state index in [1.54, 1.807) is 0 Å². The monoisotopic (exact) mass is 297 g/mol. The van der Waals surface area contributed by atoms with E-state index in [9.17, 15) is 16.8 Å². The standard InChI is InChI=1S/C9H19N3O4S2/c1-11(9-2-7-17(13,14)8-9)18(15,16)12-5-3-10-4-6-12/h9-10H,2-8H2,1H3. The van der Waals surface area contributed by atoms with Gasteiger partial charge in [0.05, 0.1) is 11.5 Å². The van der Waals surface area contributed by atoms with Crippen LogP contribution in [-0.4, -0.2) is 76.2 Å². The van der Waals surface area contributed by atoms with Crippen molar-refractivity contribution in [2.24, 2.45) is 0 Å². The summed E-state index contributed by atoms with van der Waals surface area (Å²) in [5, 5.41) is 3.09. The predicted molar refractivity (Wildman–Crippen MR) is 68.2 cm³/mol. The summed E-state index contributed by atoms with van der Waals surface area (Å²) < 4.78 is 50.1. The van der Waals surface area contributed by atoms with E-state index < -0.39 is 26.1 Å². The molecule has 18 heavy (non-hydrogen) atoms. The molecule has 2 fully saturated rings. The van der Waals surface area contributed by atoms with E-state index in [2.05, 4.69) is 5.32 Å². The van der Waals surface area contributed by atoms with Crippen LogP contribution in [0.25, 0.3) is 0 Å². The van der Waals surface area contributed by atoms with Gasteiger partial charge in [0.2, 0.25) is 0 Å². The van der Waals surface area contributed by atoms with Crippen LogP contribution in [-0.2, 0) is 20.0 Å². The van der Waals surface area contributed by atoms with Crippen molar-refractivity contribution in [1.29, 1.82) is 0 Å². The third-order valence-corrected chi connectivity index (χ3v) is 7.28. The third kappa shape index (κ3) is 2.85. The van der Waals surface area contributed by atoms with Crippen LogP contribution in [0.1, 0.15) is 6.42 Å². The molecule has 0 amide bonds. The van der Waals surface area contributed by atoms with Crippen molar-refractivity contribution in [3.63, 3.8) is 0 Å². The first-order valence-corrected chi connectivity index (χ1v) is 9.19. The molecule has 0 spiro atoms. The lowest BCUT2D eigenvalue weighted by atomic mass is 10.3. The van der Waals surface area contributed by atoms with Gasteiger partial charge in [0.15, 0.2) is 9.84 Å². The van der Waals surface area contributed by atoms with Gasteiger partial charge in [-0.15, -0.1) is 0 Å². The topological polar surface area (TPSA) is 86.8 Å². The molecule has 1 atom stereocenters. The van der Waals surface area contributed by atoms with E-state index in [4.69, 9.17) is 0 Å². The maximum Gasteiger partial charge on any atom is 0.282 e. The molecule has 0 bridgehead atoms. The number of nitrogens with one attached hydrogen (secondary N) is 1. The van der Waals surface area contributed by atoms with Crippen LogP contribution >= 0.6 is 0 Å². The Labute approximate surface area is 108 Å². The van der Waals surface area contributed by atoms with E-state index in [0.717, 1.165) is 0 Å². The molecule has 9 heteroatoms. The molecule has 1 unspecified atom stereocenters. The summed E-state index contributed by atoms with van der Waals surface area (Å²) in [6.45, 7) is 2.14. The quantitative estimate of drug-likeness (QED) is 0.668. The van der Waals surface area contributed by atoms with E-state index in [1.165, 1.54) is 15.7 Å². The van der Waals surface area contributed by atoms with Crippen molar-refractivity contribution in [2.75, 3.05) is 44.7 Å². The number of hydrogen-bond donors (Lipinski definition) is 1. The molecule has 0 aromatic rings. The average molecular weight is 297 g/mol. The highest BCUT2D eigenvalue weighted by atomic mass is 32.2. The second-order valence-corrected chi connectivity index (χ2v) is 8.95. The number of hydrogen-bond acceptors (Lipinski definition) is 5. The van der Waals surface area contributed by atoms with Crippen molar-refractivity contribution in [3.8, 4) is 0 Å². The van der Waals surface area contributed by atoms with Gasteiger partial charge in [0, 0.05) is 39.3 Å². The van der Waals surface area contributed by atoms with Gasteiger partial charge in [0.25, 0.3) is 10.2 Å². The second kappa shape index (κ2) is 5.04. The van der Waals surface area contributed by atoms with Gasteiger partial charge in [-0.1, -0.05) is 0 Å². The van der Waals surface area contributed by atoms with Crippen molar-refractivity contribution in [2.45, 2.75) is 12.5 Å². The van der Waals surface area contributed by atoms with E-state index in [-0.39, 0.29) is 11.5 Å². The number of piperazine rings is 1. The van der Waals surface area contributed by atoms with E-state index >= 15 is 0 Å². The lowest BCUT2D eigenvalue weighted by Gasteiger charge is -2.32. The van der Waals surface area contributed by atoms with Gasteiger partial charge >= 0.3 is 0 Å². The fraction of sp³-hybridized carbons (Fsp3) is 1.00. The predicted octanol–water partition coefficient (Wildman–Crippen LogP) is -1.74. The third-order valence-electron chi connectivity index (χ3n) is 3.49. The molecule has 0 aliphatic carbocycles. The molecular formula is C9H19N3O4S2. The van der Waals surface area contributed by atoms with Gasteiger partial charge in [-0.05, 0) is 6.42 Å². The molecule has 0 radical (unpaired) electrons. The Bertz CT molecular complexity index is 496. The van der Waals surface area contributed by atoms with Gasteiger partial charge < -0.3 is 5.32 Å². The zero-order chi connectivity index (χ0) is 13.4. The molecule has 106 valence electrons. The highest BCUT2D eigenvalue weighted by Gasteiger charge is 2.38. The number of sulfone groups is 1. The average Bonchev–Trinajstić information content (AvgIpc) is 2.69. The summed E-state index contributed by atoms with van der Waals surface area (Å²) in [5.41, 5.74) is 0. The summed E-state index contributed by atoms with van der Waals surface area (Å²) >= 11 is 0. The Kier molecular flexibility index (Phi) is 3.98. The SMILES string of the molecule is CN(C1CCS(=O)(=O)C1)S(=O)(=O)N1CCNCC1. The van der Waals surface area contributed by atoms with E-state index in [1.807, 2.05) is 0 Å². The van der Waals surface area contributed by atoms with Crippen LogP contribution in [0.4, 0.5) is 0 Å². The second-order valence-electron chi connectivity index (χ2n) is 4.73. The highest BCUT2D eigenvalue weighted by molar-refractivity contribution is 7.91. The van der Waals surface area contributed by atoms with Crippen molar-refractivity contribution < 1.29 is 16.8 Å². The Morgan fingerprint density at radius 3 is 2.39 bits per heavy atom. The molecule has 2 rings (SSSR count).